The Balaban J connectivity index is 1.53. The predicted molar refractivity (Wildman–Crippen MR) is 196 cm³/mol. The fourth-order valence-electron chi connectivity index (χ4n) is 7.20. The monoisotopic (exact) mass is 625 g/mol. The minimum absolute atomic E-state index is 0.562. The van der Waals surface area contributed by atoms with Crippen molar-refractivity contribution in [3.05, 3.63) is 140 Å². The molecule has 0 saturated carbocycles. The van der Waals surface area contributed by atoms with Crippen LogP contribution in [0.25, 0.3) is 34.2 Å². The van der Waals surface area contributed by atoms with E-state index < -0.39 is 0 Å². The summed E-state index contributed by atoms with van der Waals surface area (Å²) in [5, 5.41) is 10.6. The molecule has 1 aromatic heterocycles. The molecular weight excluding hydrogens is 587 g/mol. The van der Waals surface area contributed by atoms with Crippen LogP contribution in [0.3, 0.4) is 0 Å². The second-order valence-corrected chi connectivity index (χ2v) is 13.0. The summed E-state index contributed by atoms with van der Waals surface area (Å²) in [6.45, 7) is 17.8. The summed E-state index contributed by atoms with van der Waals surface area (Å²) in [4.78, 5) is 17.3. The molecule has 0 aliphatic carbocycles. The van der Waals surface area contributed by atoms with Crippen molar-refractivity contribution < 1.29 is 0 Å². The zero-order valence-electron chi connectivity index (χ0n) is 28.9. The number of aromatic nitrogens is 3. The van der Waals surface area contributed by atoms with Gasteiger partial charge in [0.25, 0.3) is 0 Å². The number of rotatable bonds is 4. The Bertz CT molecular complexity index is 2170. The summed E-state index contributed by atoms with van der Waals surface area (Å²) in [6, 6.07) is 28.5. The third kappa shape index (κ3) is 4.88. The average Bonchev–Trinajstić information content (AvgIpc) is 3.13. The fraction of sp³-hybridized carbons (Fsp3) is 0.209. The van der Waals surface area contributed by atoms with Crippen LogP contribution in [0.2, 0.25) is 0 Å². The van der Waals surface area contributed by atoms with E-state index in [1.807, 2.05) is 72.8 Å². The molecule has 236 valence electrons. The molecule has 1 aliphatic rings. The van der Waals surface area contributed by atoms with Crippen LogP contribution in [0.1, 0.15) is 61.2 Å². The predicted octanol–water partition coefficient (Wildman–Crippen LogP) is 10.6. The molecule has 5 heteroatoms. The van der Waals surface area contributed by atoms with E-state index in [1.165, 1.54) is 67.0 Å². The van der Waals surface area contributed by atoms with Crippen LogP contribution in [-0.2, 0) is 6.42 Å². The van der Waals surface area contributed by atoms with Crippen molar-refractivity contribution in [2.24, 2.45) is 0 Å². The molecule has 0 spiro atoms. The lowest BCUT2D eigenvalue weighted by Gasteiger charge is -2.40. The van der Waals surface area contributed by atoms with Crippen molar-refractivity contribution >= 4 is 17.1 Å². The molecule has 2 heterocycles. The smallest absolute Gasteiger partial charge is 0.164 e. The quantitative estimate of drug-likeness (QED) is 0.195. The highest BCUT2D eigenvalue weighted by Gasteiger charge is 2.33. The lowest BCUT2D eigenvalue weighted by atomic mass is 9.80. The Kier molecular flexibility index (Phi) is 7.68. The molecule has 48 heavy (non-hydrogen) atoms. The molecule has 0 amide bonds. The van der Waals surface area contributed by atoms with Crippen LogP contribution in [0.15, 0.2) is 78.9 Å². The van der Waals surface area contributed by atoms with Gasteiger partial charge in [-0.15, -0.1) is 0 Å². The SMILES string of the molecule is Cc1c(C)c(C)c2c(c1C)Cc1c(C)c(C)c(C)c(C)c1N2c1cc(-c2nc(-c3ccccc3)nc(-c3ccccc3)n2)ccc1C#N. The molecule has 0 radical (unpaired) electrons. The van der Waals surface area contributed by atoms with Gasteiger partial charge in [-0.25, -0.2) is 15.0 Å². The lowest BCUT2D eigenvalue weighted by Crippen LogP contribution is -2.25. The van der Waals surface area contributed by atoms with Crippen LogP contribution in [0.4, 0.5) is 17.1 Å². The highest BCUT2D eigenvalue weighted by Crippen LogP contribution is 2.52. The molecular formula is C43H39N5. The van der Waals surface area contributed by atoms with E-state index >= 15 is 0 Å². The molecule has 0 saturated heterocycles. The zero-order valence-corrected chi connectivity index (χ0v) is 28.9. The molecule has 0 bridgehead atoms. The minimum Gasteiger partial charge on any atom is -0.308 e. The number of nitriles is 1. The van der Waals surface area contributed by atoms with Gasteiger partial charge in [0.05, 0.1) is 22.6 Å². The van der Waals surface area contributed by atoms with Crippen molar-refractivity contribution in [1.29, 1.82) is 5.26 Å². The Morgan fingerprint density at radius 2 is 0.917 bits per heavy atom. The van der Waals surface area contributed by atoms with E-state index in [-0.39, 0.29) is 0 Å². The van der Waals surface area contributed by atoms with Gasteiger partial charge in [0, 0.05) is 23.1 Å². The van der Waals surface area contributed by atoms with Gasteiger partial charge < -0.3 is 4.90 Å². The van der Waals surface area contributed by atoms with Crippen molar-refractivity contribution in [3.63, 3.8) is 0 Å². The number of hydrogen-bond acceptors (Lipinski definition) is 5. The van der Waals surface area contributed by atoms with E-state index in [4.69, 9.17) is 15.0 Å². The highest BCUT2D eigenvalue weighted by atomic mass is 15.2. The average molecular weight is 626 g/mol. The Morgan fingerprint density at radius 1 is 0.500 bits per heavy atom. The lowest BCUT2D eigenvalue weighted by molar-refractivity contribution is 0.995. The number of benzene rings is 5. The summed E-state index contributed by atoms with van der Waals surface area (Å²) in [7, 11) is 0. The maximum atomic E-state index is 10.6. The van der Waals surface area contributed by atoms with Gasteiger partial charge in [0.15, 0.2) is 17.5 Å². The molecule has 5 nitrogen and oxygen atoms in total. The van der Waals surface area contributed by atoms with Crippen LogP contribution in [0, 0.1) is 66.7 Å². The molecule has 5 aromatic carbocycles. The van der Waals surface area contributed by atoms with E-state index in [9.17, 15) is 5.26 Å². The Morgan fingerprint density at radius 3 is 1.35 bits per heavy atom. The van der Waals surface area contributed by atoms with E-state index in [2.05, 4.69) is 72.4 Å². The summed E-state index contributed by atoms with van der Waals surface area (Å²) < 4.78 is 0. The van der Waals surface area contributed by atoms with Crippen molar-refractivity contribution in [1.82, 2.24) is 15.0 Å². The standard InChI is InChI=1S/C43H39N5/c1-24-26(3)30(7)39-36(28(24)5)22-37-29(6)25(2)27(4)31(8)40(37)48(39)38-21-34(19-20-35(38)23-44)43-46-41(32-15-11-9-12-16-32)45-42(47-43)33-17-13-10-14-18-33/h9-21H,22H2,1-8H3. The van der Waals surface area contributed by atoms with Crippen LogP contribution in [-0.4, -0.2) is 15.0 Å². The zero-order chi connectivity index (χ0) is 33.9. The summed E-state index contributed by atoms with van der Waals surface area (Å²) in [5.41, 5.74) is 19.4. The molecule has 1 aliphatic heterocycles. The number of nitrogens with zero attached hydrogens (tertiary/aromatic N) is 5. The van der Waals surface area contributed by atoms with Crippen molar-refractivity contribution in [3.8, 4) is 40.2 Å². The molecule has 6 aromatic rings. The third-order valence-corrected chi connectivity index (χ3v) is 10.7. The molecule has 0 fully saturated rings. The first kappa shape index (κ1) is 31.0. The first-order valence-electron chi connectivity index (χ1n) is 16.5. The maximum absolute atomic E-state index is 10.6. The highest BCUT2D eigenvalue weighted by molar-refractivity contribution is 5.92. The summed E-state index contributed by atoms with van der Waals surface area (Å²) >= 11 is 0. The normalized spacial score (nSPS) is 12.0. The van der Waals surface area contributed by atoms with Crippen LogP contribution < -0.4 is 4.90 Å². The van der Waals surface area contributed by atoms with E-state index in [0.717, 1.165) is 28.8 Å². The fourth-order valence-corrected chi connectivity index (χ4v) is 7.20. The van der Waals surface area contributed by atoms with Crippen LogP contribution >= 0.6 is 0 Å². The largest absolute Gasteiger partial charge is 0.308 e. The minimum atomic E-state index is 0.562. The molecule has 0 atom stereocenters. The van der Waals surface area contributed by atoms with Gasteiger partial charge in [-0.05, 0) is 129 Å². The van der Waals surface area contributed by atoms with Gasteiger partial charge in [0.1, 0.15) is 6.07 Å². The maximum Gasteiger partial charge on any atom is 0.164 e. The van der Waals surface area contributed by atoms with E-state index in [1.54, 1.807) is 0 Å². The van der Waals surface area contributed by atoms with Crippen molar-refractivity contribution in [2.75, 3.05) is 4.90 Å². The Hall–Kier alpha value is -5.60. The van der Waals surface area contributed by atoms with Gasteiger partial charge >= 0.3 is 0 Å². The third-order valence-electron chi connectivity index (χ3n) is 10.7. The molecule has 0 N–H and O–H groups in total. The topological polar surface area (TPSA) is 65.7 Å². The summed E-state index contributed by atoms with van der Waals surface area (Å²) in [6.07, 6.45) is 0.860. The van der Waals surface area contributed by atoms with Crippen molar-refractivity contribution in [2.45, 2.75) is 61.8 Å². The second-order valence-electron chi connectivity index (χ2n) is 13.0. The van der Waals surface area contributed by atoms with Gasteiger partial charge in [0.2, 0.25) is 0 Å². The first-order chi connectivity index (χ1) is 23.1. The number of anilines is 3. The van der Waals surface area contributed by atoms with Gasteiger partial charge in [-0.3, -0.25) is 0 Å². The Labute approximate surface area is 283 Å². The number of hydrogen-bond donors (Lipinski definition) is 0. The van der Waals surface area contributed by atoms with Gasteiger partial charge in [-0.1, -0.05) is 60.7 Å². The molecule has 7 rings (SSSR count). The number of fused-ring (bicyclic) bond motifs is 2. The summed E-state index contributed by atoms with van der Waals surface area (Å²) in [5.74, 6) is 1.77. The first-order valence-corrected chi connectivity index (χ1v) is 16.5. The second kappa shape index (κ2) is 11.9. The van der Waals surface area contributed by atoms with Gasteiger partial charge in [-0.2, -0.15) is 5.26 Å². The van der Waals surface area contributed by atoms with Crippen LogP contribution in [0.5, 0.6) is 0 Å². The molecule has 0 unspecified atom stereocenters. The van der Waals surface area contributed by atoms with E-state index in [0.29, 0.717) is 23.0 Å².